The lowest BCUT2D eigenvalue weighted by molar-refractivity contribution is 0.219. The van der Waals surface area contributed by atoms with Gasteiger partial charge in [0.1, 0.15) is 5.75 Å². The number of ether oxygens (including phenoxy) is 2. The molecule has 0 aromatic heterocycles. The van der Waals surface area contributed by atoms with Gasteiger partial charge in [0.25, 0.3) is 0 Å². The molecule has 3 heteroatoms. The third-order valence-corrected chi connectivity index (χ3v) is 3.98. The van der Waals surface area contributed by atoms with Crippen LogP contribution in [0.5, 0.6) is 5.75 Å². The van der Waals surface area contributed by atoms with Crippen LogP contribution in [0.4, 0.5) is 0 Å². The summed E-state index contributed by atoms with van der Waals surface area (Å²) in [4.78, 5) is 0. The summed E-state index contributed by atoms with van der Waals surface area (Å²) in [6.45, 7) is 4.89. The Morgan fingerprint density at radius 2 is 2.20 bits per heavy atom. The molecule has 1 N–H and O–H groups in total. The first-order valence-electron chi connectivity index (χ1n) is 7.68. The van der Waals surface area contributed by atoms with Crippen molar-refractivity contribution >= 4 is 0 Å². The lowest BCUT2D eigenvalue weighted by atomic mass is 9.93. The van der Waals surface area contributed by atoms with Gasteiger partial charge in [-0.15, -0.1) is 0 Å². The quantitative estimate of drug-likeness (QED) is 0.892. The SMILES string of the molecule is CCCNC(C1=COCCC1)c1ccc2c(c1)CCO2. The summed E-state index contributed by atoms with van der Waals surface area (Å²) in [6, 6.07) is 6.88. The van der Waals surface area contributed by atoms with Crippen LogP contribution in [0, 0.1) is 0 Å². The maximum absolute atomic E-state index is 5.60. The van der Waals surface area contributed by atoms with Crippen LogP contribution in [-0.4, -0.2) is 19.8 Å². The van der Waals surface area contributed by atoms with Gasteiger partial charge in [0.15, 0.2) is 0 Å². The largest absolute Gasteiger partial charge is 0.501 e. The Morgan fingerprint density at radius 1 is 1.25 bits per heavy atom. The first kappa shape index (κ1) is 13.5. The average Bonchev–Trinajstić information content (AvgIpc) is 2.96. The van der Waals surface area contributed by atoms with E-state index >= 15 is 0 Å². The number of nitrogens with one attached hydrogen (secondary N) is 1. The van der Waals surface area contributed by atoms with Crippen molar-refractivity contribution in [3.8, 4) is 5.75 Å². The van der Waals surface area contributed by atoms with Gasteiger partial charge < -0.3 is 14.8 Å². The van der Waals surface area contributed by atoms with E-state index in [2.05, 4.69) is 30.4 Å². The highest BCUT2D eigenvalue weighted by molar-refractivity contribution is 5.42. The highest BCUT2D eigenvalue weighted by atomic mass is 16.5. The van der Waals surface area contributed by atoms with Gasteiger partial charge in [-0.05, 0) is 48.6 Å². The summed E-state index contributed by atoms with van der Waals surface area (Å²) in [6.07, 6.45) is 6.36. The summed E-state index contributed by atoms with van der Waals surface area (Å²) < 4.78 is 11.1. The molecule has 2 aliphatic rings. The lowest BCUT2D eigenvalue weighted by Crippen LogP contribution is -2.25. The molecular weight excluding hydrogens is 250 g/mol. The summed E-state index contributed by atoms with van der Waals surface area (Å²) in [7, 11) is 0. The minimum Gasteiger partial charge on any atom is -0.501 e. The summed E-state index contributed by atoms with van der Waals surface area (Å²) in [5, 5.41) is 3.66. The molecule has 1 unspecified atom stereocenters. The zero-order valence-electron chi connectivity index (χ0n) is 12.2. The van der Waals surface area contributed by atoms with E-state index in [-0.39, 0.29) is 6.04 Å². The molecular formula is C17H23NO2. The fraction of sp³-hybridized carbons (Fsp3) is 0.529. The van der Waals surface area contributed by atoms with Crippen LogP contribution in [0.2, 0.25) is 0 Å². The highest BCUT2D eigenvalue weighted by Crippen LogP contribution is 2.32. The maximum atomic E-state index is 5.60. The Hall–Kier alpha value is -1.48. The van der Waals surface area contributed by atoms with E-state index in [4.69, 9.17) is 9.47 Å². The number of hydrogen-bond acceptors (Lipinski definition) is 3. The molecule has 0 aliphatic carbocycles. The second-order valence-electron chi connectivity index (χ2n) is 5.52. The lowest BCUT2D eigenvalue weighted by Gasteiger charge is -2.25. The fourth-order valence-corrected chi connectivity index (χ4v) is 2.93. The van der Waals surface area contributed by atoms with Crippen molar-refractivity contribution in [2.75, 3.05) is 19.8 Å². The van der Waals surface area contributed by atoms with Crippen LogP contribution in [0.25, 0.3) is 0 Å². The van der Waals surface area contributed by atoms with Gasteiger partial charge >= 0.3 is 0 Å². The fourth-order valence-electron chi connectivity index (χ4n) is 2.93. The van der Waals surface area contributed by atoms with Crippen LogP contribution in [0.3, 0.4) is 0 Å². The van der Waals surface area contributed by atoms with E-state index in [0.717, 1.165) is 51.2 Å². The van der Waals surface area contributed by atoms with Crippen molar-refractivity contribution in [1.29, 1.82) is 0 Å². The molecule has 2 aliphatic heterocycles. The normalized spacial score (nSPS) is 18.8. The molecule has 0 fully saturated rings. The molecule has 0 spiro atoms. The van der Waals surface area contributed by atoms with E-state index in [1.165, 1.54) is 16.7 Å². The zero-order chi connectivity index (χ0) is 13.8. The first-order valence-corrected chi connectivity index (χ1v) is 7.68. The standard InChI is InChI=1S/C17H23NO2/c1-2-8-18-17(15-4-3-9-19-12-15)14-5-6-16-13(11-14)7-10-20-16/h5-6,11-12,17-18H,2-4,7-10H2,1H3. The molecule has 20 heavy (non-hydrogen) atoms. The van der Waals surface area contributed by atoms with Crippen molar-refractivity contribution < 1.29 is 9.47 Å². The van der Waals surface area contributed by atoms with E-state index < -0.39 is 0 Å². The molecule has 0 bridgehead atoms. The minimum atomic E-state index is 0.279. The van der Waals surface area contributed by atoms with Crippen LogP contribution in [-0.2, 0) is 11.2 Å². The Balaban J connectivity index is 1.86. The van der Waals surface area contributed by atoms with Crippen LogP contribution in [0.1, 0.15) is 43.4 Å². The van der Waals surface area contributed by atoms with Gasteiger partial charge in [-0.2, -0.15) is 0 Å². The Kier molecular flexibility index (Phi) is 4.26. The Labute approximate surface area is 121 Å². The van der Waals surface area contributed by atoms with E-state index in [1.807, 2.05) is 6.26 Å². The summed E-state index contributed by atoms with van der Waals surface area (Å²) in [5.74, 6) is 1.05. The molecule has 108 valence electrons. The summed E-state index contributed by atoms with van der Waals surface area (Å²) in [5.41, 5.74) is 4.03. The van der Waals surface area contributed by atoms with Gasteiger partial charge in [0.2, 0.25) is 0 Å². The van der Waals surface area contributed by atoms with Crippen molar-refractivity contribution in [2.45, 2.75) is 38.6 Å². The number of hydrogen-bond donors (Lipinski definition) is 1. The van der Waals surface area contributed by atoms with Crippen molar-refractivity contribution in [3.05, 3.63) is 41.2 Å². The number of rotatable bonds is 5. The topological polar surface area (TPSA) is 30.5 Å². The van der Waals surface area contributed by atoms with Crippen molar-refractivity contribution in [1.82, 2.24) is 5.32 Å². The predicted octanol–water partition coefficient (Wildman–Crippen LogP) is 3.36. The molecule has 0 saturated heterocycles. The molecule has 3 rings (SSSR count). The monoisotopic (exact) mass is 273 g/mol. The molecule has 1 aromatic rings. The molecule has 2 heterocycles. The molecule has 0 amide bonds. The summed E-state index contributed by atoms with van der Waals surface area (Å²) >= 11 is 0. The Bertz CT molecular complexity index is 496. The van der Waals surface area contributed by atoms with Gasteiger partial charge in [0, 0.05) is 6.42 Å². The first-order chi connectivity index (χ1) is 9.88. The maximum Gasteiger partial charge on any atom is 0.122 e. The van der Waals surface area contributed by atoms with Crippen molar-refractivity contribution in [3.63, 3.8) is 0 Å². The van der Waals surface area contributed by atoms with Crippen LogP contribution < -0.4 is 10.1 Å². The predicted molar refractivity (Wildman–Crippen MR) is 79.9 cm³/mol. The molecule has 3 nitrogen and oxygen atoms in total. The average molecular weight is 273 g/mol. The molecule has 1 atom stereocenters. The smallest absolute Gasteiger partial charge is 0.122 e. The second kappa shape index (κ2) is 6.31. The third-order valence-electron chi connectivity index (χ3n) is 3.98. The zero-order valence-corrected chi connectivity index (χ0v) is 12.2. The van der Waals surface area contributed by atoms with Gasteiger partial charge in [-0.25, -0.2) is 0 Å². The van der Waals surface area contributed by atoms with Crippen LogP contribution >= 0.6 is 0 Å². The minimum absolute atomic E-state index is 0.279. The molecule has 0 radical (unpaired) electrons. The molecule has 1 aromatic carbocycles. The van der Waals surface area contributed by atoms with E-state index in [9.17, 15) is 0 Å². The second-order valence-corrected chi connectivity index (χ2v) is 5.52. The molecule has 0 saturated carbocycles. The number of fused-ring (bicyclic) bond motifs is 1. The van der Waals surface area contributed by atoms with E-state index in [0.29, 0.717) is 0 Å². The Morgan fingerprint density at radius 3 is 3.00 bits per heavy atom. The van der Waals surface area contributed by atoms with Gasteiger partial charge in [-0.1, -0.05) is 19.1 Å². The van der Waals surface area contributed by atoms with E-state index in [1.54, 1.807) is 0 Å². The van der Waals surface area contributed by atoms with Gasteiger partial charge in [-0.3, -0.25) is 0 Å². The van der Waals surface area contributed by atoms with Crippen LogP contribution in [0.15, 0.2) is 30.0 Å². The van der Waals surface area contributed by atoms with Crippen molar-refractivity contribution in [2.24, 2.45) is 0 Å². The van der Waals surface area contributed by atoms with Gasteiger partial charge in [0.05, 0.1) is 25.5 Å². The number of benzene rings is 1. The third kappa shape index (κ3) is 2.83. The highest BCUT2D eigenvalue weighted by Gasteiger charge is 2.21.